The van der Waals surface area contributed by atoms with Crippen LogP contribution in [0.25, 0.3) is 11.0 Å². The van der Waals surface area contributed by atoms with Crippen molar-refractivity contribution < 1.29 is 18.7 Å². The SMILES string of the molecule is O=C(NCC(F)(F)C1(O)CCCCC1)c1ccc2n[nH]nc2c1. The minimum Gasteiger partial charge on any atom is -0.384 e. The molecular weight excluding hydrogens is 306 g/mol. The van der Waals surface area contributed by atoms with Gasteiger partial charge < -0.3 is 10.4 Å². The Morgan fingerprint density at radius 2 is 1.96 bits per heavy atom. The fourth-order valence-corrected chi connectivity index (χ4v) is 2.94. The highest BCUT2D eigenvalue weighted by molar-refractivity contribution is 5.97. The van der Waals surface area contributed by atoms with Crippen LogP contribution in [-0.4, -0.2) is 44.5 Å². The number of hydrogen-bond acceptors (Lipinski definition) is 4. The van der Waals surface area contributed by atoms with Crippen molar-refractivity contribution in [1.82, 2.24) is 20.7 Å². The molecule has 0 radical (unpaired) electrons. The van der Waals surface area contributed by atoms with E-state index >= 15 is 0 Å². The molecular formula is C15H18F2N4O2. The van der Waals surface area contributed by atoms with Gasteiger partial charge in [-0.2, -0.15) is 15.4 Å². The first kappa shape index (κ1) is 15.8. The van der Waals surface area contributed by atoms with Gasteiger partial charge in [0.25, 0.3) is 11.8 Å². The lowest BCUT2D eigenvalue weighted by atomic mass is 9.80. The Morgan fingerprint density at radius 1 is 1.26 bits per heavy atom. The van der Waals surface area contributed by atoms with Crippen molar-refractivity contribution in [2.45, 2.75) is 43.6 Å². The second-order valence-electron chi connectivity index (χ2n) is 6.01. The van der Waals surface area contributed by atoms with Crippen LogP contribution < -0.4 is 5.32 Å². The number of hydrogen-bond donors (Lipinski definition) is 3. The van der Waals surface area contributed by atoms with E-state index in [2.05, 4.69) is 20.7 Å². The van der Waals surface area contributed by atoms with Gasteiger partial charge in [0, 0.05) is 5.56 Å². The average Bonchev–Trinajstić information content (AvgIpc) is 3.00. The number of rotatable bonds is 4. The van der Waals surface area contributed by atoms with Gasteiger partial charge in [-0.1, -0.05) is 19.3 Å². The van der Waals surface area contributed by atoms with E-state index in [1.807, 2.05) is 0 Å². The Balaban J connectivity index is 1.67. The zero-order valence-electron chi connectivity index (χ0n) is 12.5. The van der Waals surface area contributed by atoms with Gasteiger partial charge in [0.2, 0.25) is 0 Å². The van der Waals surface area contributed by atoms with Gasteiger partial charge in [0.05, 0.1) is 6.54 Å². The first-order valence-electron chi connectivity index (χ1n) is 7.60. The number of aliphatic hydroxyl groups is 1. The van der Waals surface area contributed by atoms with Crippen LogP contribution in [0.15, 0.2) is 18.2 Å². The number of aromatic amines is 1. The van der Waals surface area contributed by atoms with Crippen LogP contribution in [0.2, 0.25) is 0 Å². The van der Waals surface area contributed by atoms with Gasteiger partial charge >= 0.3 is 0 Å². The van der Waals surface area contributed by atoms with E-state index in [-0.39, 0.29) is 18.4 Å². The number of benzene rings is 1. The number of amides is 1. The first-order valence-corrected chi connectivity index (χ1v) is 7.60. The van der Waals surface area contributed by atoms with Crippen molar-refractivity contribution in [3.05, 3.63) is 23.8 Å². The molecule has 0 spiro atoms. The number of nitrogens with one attached hydrogen (secondary N) is 2. The maximum atomic E-state index is 14.3. The van der Waals surface area contributed by atoms with E-state index in [4.69, 9.17) is 0 Å². The van der Waals surface area contributed by atoms with E-state index in [0.29, 0.717) is 23.9 Å². The van der Waals surface area contributed by atoms with Gasteiger partial charge in [0.1, 0.15) is 16.6 Å². The highest BCUT2D eigenvalue weighted by atomic mass is 19.3. The molecule has 3 N–H and O–H groups in total. The van der Waals surface area contributed by atoms with Crippen LogP contribution in [0, 0.1) is 0 Å². The largest absolute Gasteiger partial charge is 0.384 e. The Hall–Kier alpha value is -2.09. The molecule has 1 fully saturated rings. The summed E-state index contributed by atoms with van der Waals surface area (Å²) in [6.07, 6.45) is 2.11. The molecule has 1 amide bonds. The molecule has 0 bridgehead atoms. The number of alkyl halides is 2. The highest BCUT2D eigenvalue weighted by Crippen LogP contribution is 2.40. The summed E-state index contributed by atoms with van der Waals surface area (Å²) < 4.78 is 28.6. The molecule has 124 valence electrons. The lowest BCUT2D eigenvalue weighted by molar-refractivity contribution is -0.191. The summed E-state index contributed by atoms with van der Waals surface area (Å²) in [5, 5.41) is 22.5. The molecule has 1 aliphatic rings. The molecule has 0 aliphatic heterocycles. The standard InChI is InChI=1S/C15H18F2N4O2/c16-15(17,14(23)6-2-1-3-7-14)9-18-13(22)10-4-5-11-12(8-10)20-21-19-11/h4-5,8,23H,1-3,6-7,9H2,(H,18,22)(H,19,20,21). The van der Waals surface area contributed by atoms with Crippen LogP contribution in [0.1, 0.15) is 42.5 Å². The third-order valence-electron chi connectivity index (χ3n) is 4.41. The van der Waals surface area contributed by atoms with E-state index in [0.717, 1.165) is 6.42 Å². The summed E-state index contributed by atoms with van der Waals surface area (Å²) in [6, 6.07) is 4.55. The molecule has 8 heteroatoms. The lowest BCUT2D eigenvalue weighted by Gasteiger charge is -2.38. The highest BCUT2D eigenvalue weighted by Gasteiger charge is 2.52. The molecule has 1 aliphatic carbocycles. The second kappa shape index (κ2) is 5.84. The van der Waals surface area contributed by atoms with Crippen molar-refractivity contribution in [3.63, 3.8) is 0 Å². The minimum absolute atomic E-state index is 0.0563. The Bertz CT molecular complexity index is 710. The summed E-state index contributed by atoms with van der Waals surface area (Å²) in [7, 11) is 0. The van der Waals surface area contributed by atoms with E-state index < -0.39 is 24.0 Å². The molecule has 0 unspecified atom stereocenters. The molecule has 1 saturated carbocycles. The maximum Gasteiger partial charge on any atom is 0.293 e. The third-order valence-corrected chi connectivity index (χ3v) is 4.41. The van der Waals surface area contributed by atoms with Crippen molar-refractivity contribution in [2.24, 2.45) is 0 Å². The lowest BCUT2D eigenvalue weighted by Crippen LogP contribution is -2.55. The Kier molecular flexibility index (Phi) is 4.01. The fraction of sp³-hybridized carbons (Fsp3) is 0.533. The molecule has 1 aromatic carbocycles. The zero-order valence-corrected chi connectivity index (χ0v) is 12.5. The monoisotopic (exact) mass is 324 g/mol. The van der Waals surface area contributed by atoms with Crippen LogP contribution in [0.5, 0.6) is 0 Å². The number of aromatic nitrogens is 3. The van der Waals surface area contributed by atoms with Crippen molar-refractivity contribution in [1.29, 1.82) is 0 Å². The van der Waals surface area contributed by atoms with Crippen LogP contribution in [0.4, 0.5) is 8.78 Å². The summed E-state index contributed by atoms with van der Waals surface area (Å²) >= 11 is 0. The molecule has 1 heterocycles. The van der Waals surface area contributed by atoms with Gasteiger partial charge in [-0.05, 0) is 31.0 Å². The maximum absolute atomic E-state index is 14.3. The molecule has 2 aromatic rings. The van der Waals surface area contributed by atoms with Crippen molar-refractivity contribution in [3.8, 4) is 0 Å². The van der Waals surface area contributed by atoms with Crippen LogP contribution >= 0.6 is 0 Å². The summed E-state index contributed by atoms with van der Waals surface area (Å²) in [5.41, 5.74) is -0.745. The third kappa shape index (κ3) is 3.03. The first-order chi connectivity index (χ1) is 10.9. The van der Waals surface area contributed by atoms with E-state index in [9.17, 15) is 18.7 Å². The smallest absolute Gasteiger partial charge is 0.293 e. The predicted octanol–water partition coefficient (Wildman–Crippen LogP) is 2.02. The number of halogens is 2. The van der Waals surface area contributed by atoms with Crippen molar-refractivity contribution >= 4 is 16.9 Å². The molecule has 23 heavy (non-hydrogen) atoms. The molecule has 3 rings (SSSR count). The summed E-state index contributed by atoms with van der Waals surface area (Å²) in [4.78, 5) is 12.1. The predicted molar refractivity (Wildman–Crippen MR) is 79.2 cm³/mol. The number of nitrogens with zero attached hydrogens (tertiary/aromatic N) is 2. The van der Waals surface area contributed by atoms with Gasteiger partial charge in [-0.3, -0.25) is 4.79 Å². The number of H-pyrrole nitrogens is 1. The number of fused-ring (bicyclic) bond motifs is 1. The van der Waals surface area contributed by atoms with Crippen molar-refractivity contribution in [2.75, 3.05) is 6.54 Å². The fourth-order valence-electron chi connectivity index (χ4n) is 2.94. The van der Waals surface area contributed by atoms with E-state index in [1.54, 1.807) is 6.07 Å². The average molecular weight is 324 g/mol. The Labute approximate surface area is 131 Å². The topological polar surface area (TPSA) is 90.9 Å². The van der Waals surface area contributed by atoms with Gasteiger partial charge in [0.15, 0.2) is 0 Å². The van der Waals surface area contributed by atoms with Gasteiger partial charge in [-0.15, -0.1) is 0 Å². The molecule has 6 nitrogen and oxygen atoms in total. The molecule has 1 aromatic heterocycles. The summed E-state index contributed by atoms with van der Waals surface area (Å²) in [6.45, 7) is -0.890. The summed E-state index contributed by atoms with van der Waals surface area (Å²) in [5.74, 6) is -3.99. The quantitative estimate of drug-likeness (QED) is 0.802. The molecule has 0 saturated heterocycles. The second-order valence-corrected chi connectivity index (χ2v) is 6.01. The van der Waals surface area contributed by atoms with Crippen LogP contribution in [-0.2, 0) is 0 Å². The van der Waals surface area contributed by atoms with Crippen LogP contribution in [0.3, 0.4) is 0 Å². The van der Waals surface area contributed by atoms with E-state index in [1.165, 1.54) is 12.1 Å². The minimum atomic E-state index is -3.36. The van der Waals surface area contributed by atoms with Gasteiger partial charge in [-0.25, -0.2) is 8.78 Å². The number of carbonyl (C=O) groups is 1. The normalized spacial score (nSPS) is 18.0. The molecule has 0 atom stereocenters. The Morgan fingerprint density at radius 3 is 2.70 bits per heavy atom. The zero-order chi connectivity index (χ0) is 16.5. The number of carbonyl (C=O) groups excluding carboxylic acids is 1.